The minimum atomic E-state index is -0.607. The summed E-state index contributed by atoms with van der Waals surface area (Å²) in [4.78, 5) is 29.1. The van der Waals surface area contributed by atoms with Gasteiger partial charge in [-0.1, -0.05) is 94.6 Å². The Labute approximate surface area is 234 Å². The Bertz CT molecular complexity index is 1160. The van der Waals surface area contributed by atoms with E-state index in [9.17, 15) is 9.59 Å². The summed E-state index contributed by atoms with van der Waals surface area (Å²) in [6.07, 6.45) is 1.29. The Morgan fingerprint density at radius 3 is 2.24 bits per heavy atom. The molecule has 0 bridgehead atoms. The van der Waals surface area contributed by atoms with Gasteiger partial charge in [0.15, 0.2) is 0 Å². The van der Waals surface area contributed by atoms with Crippen molar-refractivity contribution in [1.82, 2.24) is 10.2 Å². The lowest BCUT2D eigenvalue weighted by atomic mass is 10.0. The molecule has 4 nitrogen and oxygen atoms in total. The summed E-state index contributed by atoms with van der Waals surface area (Å²) in [6.45, 7) is 8.60. The van der Waals surface area contributed by atoms with Crippen molar-refractivity contribution >= 4 is 39.5 Å². The van der Waals surface area contributed by atoms with Crippen LogP contribution in [0.1, 0.15) is 48.1 Å². The van der Waals surface area contributed by atoms with Crippen LogP contribution in [0.4, 0.5) is 0 Å². The van der Waals surface area contributed by atoms with Crippen molar-refractivity contribution in [2.75, 3.05) is 5.75 Å². The largest absolute Gasteiger partial charge is 0.352 e. The third kappa shape index (κ3) is 9.35. The second-order valence-electron chi connectivity index (χ2n) is 9.66. The van der Waals surface area contributed by atoms with Crippen molar-refractivity contribution in [1.29, 1.82) is 0 Å². The molecule has 0 spiro atoms. The van der Waals surface area contributed by atoms with Gasteiger partial charge in [0, 0.05) is 29.2 Å². The number of nitrogens with one attached hydrogen (secondary N) is 1. The molecule has 0 aromatic heterocycles. The number of hydrogen-bond acceptors (Lipinski definition) is 3. The van der Waals surface area contributed by atoms with Gasteiger partial charge in [0.1, 0.15) is 6.04 Å². The van der Waals surface area contributed by atoms with E-state index in [0.717, 1.165) is 27.8 Å². The van der Waals surface area contributed by atoms with Crippen LogP contribution in [0, 0.1) is 13.8 Å². The first-order valence-electron chi connectivity index (χ1n) is 12.8. The molecule has 3 aromatic rings. The van der Waals surface area contributed by atoms with E-state index < -0.39 is 6.04 Å². The maximum atomic E-state index is 13.8. The predicted molar refractivity (Wildman–Crippen MR) is 159 cm³/mol. The molecule has 0 fully saturated rings. The summed E-state index contributed by atoms with van der Waals surface area (Å²) in [5.74, 6) is 0.917. The topological polar surface area (TPSA) is 49.4 Å². The molecule has 0 radical (unpaired) electrons. The van der Waals surface area contributed by atoms with Crippen LogP contribution in [0.25, 0.3) is 0 Å². The second-order valence-corrected chi connectivity index (χ2v) is 11.6. The van der Waals surface area contributed by atoms with Crippen LogP contribution < -0.4 is 5.32 Å². The zero-order valence-electron chi connectivity index (χ0n) is 22.2. The van der Waals surface area contributed by atoms with E-state index in [0.29, 0.717) is 18.7 Å². The van der Waals surface area contributed by atoms with Crippen molar-refractivity contribution in [3.8, 4) is 0 Å². The fraction of sp³-hybridized carbons (Fsp3) is 0.355. The fourth-order valence-corrected chi connectivity index (χ4v) is 5.61. The van der Waals surface area contributed by atoms with Gasteiger partial charge < -0.3 is 10.2 Å². The zero-order valence-corrected chi connectivity index (χ0v) is 24.6. The highest BCUT2D eigenvalue weighted by Crippen LogP contribution is 2.21. The molecule has 0 saturated heterocycles. The number of halogens is 1. The van der Waals surface area contributed by atoms with Gasteiger partial charge in [0.05, 0.1) is 5.75 Å². The molecule has 0 aliphatic carbocycles. The minimum Gasteiger partial charge on any atom is -0.352 e. The van der Waals surface area contributed by atoms with Crippen LogP contribution >= 0.6 is 27.7 Å². The number of aryl methyl sites for hydroxylation is 2. The normalized spacial score (nSPS) is 12.6. The van der Waals surface area contributed by atoms with Crippen LogP contribution in [-0.2, 0) is 28.3 Å². The average molecular weight is 582 g/mol. The molecule has 2 atom stereocenters. The molecule has 0 unspecified atom stereocenters. The SMILES string of the molecule is CC[C@H](C)NC(=O)[C@H](Cc1ccccc1)N(Cc1cccc(Br)c1)C(=O)CSCc1cc(C)cc(C)c1. The summed E-state index contributed by atoms with van der Waals surface area (Å²) in [5.41, 5.74) is 5.67. The zero-order chi connectivity index (χ0) is 26.8. The van der Waals surface area contributed by atoms with Crippen LogP contribution in [-0.4, -0.2) is 34.6 Å². The van der Waals surface area contributed by atoms with Crippen molar-refractivity contribution < 1.29 is 9.59 Å². The molecule has 1 N–H and O–H groups in total. The number of rotatable bonds is 12. The van der Waals surface area contributed by atoms with E-state index in [-0.39, 0.29) is 17.9 Å². The lowest BCUT2D eigenvalue weighted by Gasteiger charge is -2.32. The third-order valence-electron chi connectivity index (χ3n) is 6.29. The minimum absolute atomic E-state index is 0.0328. The number of hydrogen-bond donors (Lipinski definition) is 1. The molecule has 6 heteroatoms. The molecular formula is C31H37BrN2O2S. The van der Waals surface area contributed by atoms with Crippen molar-refractivity contribution in [3.05, 3.63) is 105 Å². The molecule has 0 aliphatic rings. The Hall–Kier alpha value is -2.57. The summed E-state index contributed by atoms with van der Waals surface area (Å²) >= 11 is 5.14. The van der Waals surface area contributed by atoms with Gasteiger partial charge in [-0.15, -0.1) is 11.8 Å². The van der Waals surface area contributed by atoms with E-state index in [1.54, 1.807) is 16.7 Å². The van der Waals surface area contributed by atoms with Gasteiger partial charge in [-0.3, -0.25) is 9.59 Å². The number of amides is 2. The van der Waals surface area contributed by atoms with Gasteiger partial charge in [0.2, 0.25) is 11.8 Å². The monoisotopic (exact) mass is 580 g/mol. The van der Waals surface area contributed by atoms with Gasteiger partial charge >= 0.3 is 0 Å². The molecule has 0 aliphatic heterocycles. The molecule has 37 heavy (non-hydrogen) atoms. The summed E-state index contributed by atoms with van der Waals surface area (Å²) in [5, 5.41) is 3.13. The number of carbonyl (C=O) groups excluding carboxylic acids is 2. The van der Waals surface area contributed by atoms with E-state index in [1.165, 1.54) is 16.7 Å². The quantitative estimate of drug-likeness (QED) is 0.255. The second kappa shape index (κ2) is 14.4. The van der Waals surface area contributed by atoms with Crippen LogP contribution in [0.3, 0.4) is 0 Å². The van der Waals surface area contributed by atoms with E-state index in [2.05, 4.69) is 53.3 Å². The Morgan fingerprint density at radius 2 is 1.59 bits per heavy atom. The Morgan fingerprint density at radius 1 is 0.919 bits per heavy atom. The third-order valence-corrected chi connectivity index (χ3v) is 7.77. The lowest BCUT2D eigenvalue weighted by Crippen LogP contribution is -2.52. The highest BCUT2D eigenvalue weighted by Gasteiger charge is 2.30. The van der Waals surface area contributed by atoms with Crippen LogP contribution in [0.5, 0.6) is 0 Å². The van der Waals surface area contributed by atoms with Crippen molar-refractivity contribution in [2.24, 2.45) is 0 Å². The molecule has 3 rings (SSSR count). The molecule has 0 heterocycles. The van der Waals surface area contributed by atoms with Crippen LogP contribution in [0.15, 0.2) is 77.3 Å². The molecule has 3 aromatic carbocycles. The highest BCUT2D eigenvalue weighted by molar-refractivity contribution is 9.10. The van der Waals surface area contributed by atoms with Crippen molar-refractivity contribution in [2.45, 2.75) is 64.9 Å². The molecular weight excluding hydrogens is 544 g/mol. The predicted octanol–water partition coefficient (Wildman–Crippen LogP) is 6.85. The molecule has 0 saturated carbocycles. The van der Waals surface area contributed by atoms with E-state index in [1.807, 2.05) is 68.4 Å². The maximum absolute atomic E-state index is 13.8. The maximum Gasteiger partial charge on any atom is 0.243 e. The van der Waals surface area contributed by atoms with E-state index in [4.69, 9.17) is 0 Å². The fourth-order valence-electron chi connectivity index (χ4n) is 4.32. The smallest absolute Gasteiger partial charge is 0.243 e. The first kappa shape index (κ1) is 29.0. The van der Waals surface area contributed by atoms with Gasteiger partial charge in [-0.25, -0.2) is 0 Å². The number of thioether (sulfide) groups is 1. The van der Waals surface area contributed by atoms with Crippen LogP contribution in [0.2, 0.25) is 0 Å². The summed E-state index contributed by atoms with van der Waals surface area (Å²) in [6, 6.07) is 23.8. The van der Waals surface area contributed by atoms with Gasteiger partial charge in [-0.2, -0.15) is 0 Å². The Kier molecular flexibility index (Phi) is 11.3. The lowest BCUT2D eigenvalue weighted by molar-refractivity contribution is -0.139. The number of carbonyl (C=O) groups is 2. The van der Waals surface area contributed by atoms with Gasteiger partial charge in [0.25, 0.3) is 0 Å². The molecule has 196 valence electrons. The first-order chi connectivity index (χ1) is 17.7. The first-order valence-corrected chi connectivity index (χ1v) is 14.7. The van der Waals surface area contributed by atoms with E-state index >= 15 is 0 Å². The number of nitrogens with zero attached hydrogens (tertiary/aromatic N) is 1. The Balaban J connectivity index is 1.86. The summed E-state index contributed by atoms with van der Waals surface area (Å²) < 4.78 is 0.949. The average Bonchev–Trinajstić information content (AvgIpc) is 2.86. The van der Waals surface area contributed by atoms with Gasteiger partial charge in [-0.05, 0) is 56.0 Å². The summed E-state index contributed by atoms with van der Waals surface area (Å²) in [7, 11) is 0. The number of benzene rings is 3. The molecule has 2 amide bonds. The standard InChI is InChI=1S/C31H37BrN2O2S/c1-5-24(4)33-31(36)29(18-25-10-7-6-8-11-25)34(19-26-12-9-13-28(32)17-26)30(35)21-37-20-27-15-22(2)14-23(3)16-27/h6-17,24,29H,5,18-21H2,1-4H3,(H,33,36)/t24-,29-/m0/s1. The highest BCUT2D eigenvalue weighted by atomic mass is 79.9. The van der Waals surface area contributed by atoms with Crippen molar-refractivity contribution in [3.63, 3.8) is 0 Å².